The molecule has 2 heterocycles. The number of aromatic nitrogens is 2. The summed E-state index contributed by atoms with van der Waals surface area (Å²) in [6.45, 7) is 6.57. The third-order valence-electron chi connectivity index (χ3n) is 5.48. The molecule has 1 aromatic rings. The second-order valence-electron chi connectivity index (χ2n) is 6.72. The highest BCUT2D eigenvalue weighted by molar-refractivity contribution is 5.85. The lowest BCUT2D eigenvalue weighted by Crippen LogP contribution is -2.41. The zero-order valence-electron chi connectivity index (χ0n) is 14.9. The van der Waals surface area contributed by atoms with Gasteiger partial charge in [0.25, 0.3) is 0 Å². The van der Waals surface area contributed by atoms with Crippen molar-refractivity contribution in [2.75, 3.05) is 26.2 Å². The second kappa shape index (κ2) is 9.39. The predicted octanol–water partition coefficient (Wildman–Crippen LogP) is 1.45. The Bertz CT molecular complexity index is 516. The second-order valence-corrected chi connectivity index (χ2v) is 6.72. The number of nitrogens with zero attached hydrogens (tertiary/aromatic N) is 2. The summed E-state index contributed by atoms with van der Waals surface area (Å²) >= 11 is 0. The zero-order valence-corrected chi connectivity index (χ0v) is 15.7. The molecule has 138 valence electrons. The van der Waals surface area contributed by atoms with Crippen molar-refractivity contribution in [2.45, 2.75) is 39.0 Å². The van der Waals surface area contributed by atoms with Crippen LogP contribution in [0.4, 0.5) is 0 Å². The van der Waals surface area contributed by atoms with E-state index >= 15 is 0 Å². The SMILES string of the molecule is CCC(CC)(CCO)CNC(=O)[C@H]1CNC[C@@H]1c1cnn(C)c1.Cl. The fourth-order valence-electron chi connectivity index (χ4n) is 3.52. The van der Waals surface area contributed by atoms with E-state index in [1.165, 1.54) is 0 Å². The molecule has 24 heavy (non-hydrogen) atoms. The topological polar surface area (TPSA) is 79.2 Å². The van der Waals surface area contributed by atoms with E-state index in [0.717, 1.165) is 31.4 Å². The maximum absolute atomic E-state index is 12.7. The first-order valence-corrected chi connectivity index (χ1v) is 8.63. The Labute approximate surface area is 150 Å². The van der Waals surface area contributed by atoms with Crippen molar-refractivity contribution in [3.8, 4) is 0 Å². The highest BCUT2D eigenvalue weighted by atomic mass is 35.5. The number of aryl methyl sites for hydroxylation is 1. The molecule has 3 N–H and O–H groups in total. The van der Waals surface area contributed by atoms with Crippen molar-refractivity contribution in [1.29, 1.82) is 0 Å². The van der Waals surface area contributed by atoms with Crippen LogP contribution in [0.25, 0.3) is 0 Å². The van der Waals surface area contributed by atoms with Crippen LogP contribution in [0.3, 0.4) is 0 Å². The van der Waals surface area contributed by atoms with E-state index in [1.807, 2.05) is 19.4 Å². The summed E-state index contributed by atoms with van der Waals surface area (Å²) < 4.78 is 1.78. The van der Waals surface area contributed by atoms with Crippen LogP contribution in [0.5, 0.6) is 0 Å². The van der Waals surface area contributed by atoms with Gasteiger partial charge in [0.15, 0.2) is 0 Å². The van der Waals surface area contributed by atoms with Crippen LogP contribution < -0.4 is 10.6 Å². The minimum atomic E-state index is -0.0558. The Hall–Kier alpha value is -1.11. The summed E-state index contributed by atoms with van der Waals surface area (Å²) in [5.74, 6) is 0.229. The van der Waals surface area contributed by atoms with Gasteiger partial charge in [0.2, 0.25) is 5.91 Å². The Morgan fingerprint density at radius 1 is 1.46 bits per heavy atom. The highest BCUT2D eigenvalue weighted by Gasteiger charge is 2.35. The van der Waals surface area contributed by atoms with Crippen molar-refractivity contribution in [1.82, 2.24) is 20.4 Å². The van der Waals surface area contributed by atoms with Gasteiger partial charge in [0.1, 0.15) is 0 Å². The number of nitrogens with one attached hydrogen (secondary N) is 2. The highest BCUT2D eigenvalue weighted by Crippen LogP contribution is 2.31. The molecule has 1 aliphatic rings. The van der Waals surface area contributed by atoms with Gasteiger partial charge in [-0.05, 0) is 30.2 Å². The maximum atomic E-state index is 12.7. The fraction of sp³-hybridized carbons (Fsp3) is 0.765. The van der Waals surface area contributed by atoms with Crippen molar-refractivity contribution in [3.63, 3.8) is 0 Å². The number of rotatable bonds is 8. The van der Waals surface area contributed by atoms with Gasteiger partial charge in [-0.3, -0.25) is 9.48 Å². The van der Waals surface area contributed by atoms with Crippen LogP contribution in [0.15, 0.2) is 12.4 Å². The standard InChI is InChI=1S/C17H30N4O2.ClH/c1-4-17(5-2,6-7-22)12-19-16(23)15-10-18-9-14(15)13-8-20-21(3)11-13;/h8,11,14-15,18,22H,4-7,9-10,12H2,1-3H3,(H,19,23);1H/t14-,15+;/m1./s1. The van der Waals surface area contributed by atoms with Gasteiger partial charge >= 0.3 is 0 Å². The smallest absolute Gasteiger partial charge is 0.225 e. The number of amides is 1. The van der Waals surface area contributed by atoms with Gasteiger partial charge < -0.3 is 15.7 Å². The molecule has 0 aliphatic carbocycles. The van der Waals surface area contributed by atoms with Crippen LogP contribution in [0, 0.1) is 11.3 Å². The molecule has 1 aliphatic heterocycles. The van der Waals surface area contributed by atoms with Gasteiger partial charge in [-0.1, -0.05) is 13.8 Å². The first kappa shape index (κ1) is 20.9. The normalized spacial score (nSPS) is 20.7. The molecule has 2 atom stereocenters. The molecule has 0 radical (unpaired) electrons. The summed E-state index contributed by atoms with van der Waals surface area (Å²) in [5, 5.41) is 20.0. The summed E-state index contributed by atoms with van der Waals surface area (Å²) in [6, 6.07) is 0. The molecule has 7 heteroatoms. The molecule has 2 rings (SSSR count). The molecule has 0 unspecified atom stereocenters. The van der Waals surface area contributed by atoms with Crippen molar-refractivity contribution < 1.29 is 9.90 Å². The Kier molecular flexibility index (Phi) is 8.19. The van der Waals surface area contributed by atoms with E-state index in [-0.39, 0.29) is 42.2 Å². The number of carbonyl (C=O) groups excluding carboxylic acids is 1. The van der Waals surface area contributed by atoms with Crippen LogP contribution in [-0.4, -0.2) is 47.0 Å². The minimum absolute atomic E-state index is 0. The van der Waals surface area contributed by atoms with Gasteiger partial charge in [-0.25, -0.2) is 0 Å². The summed E-state index contributed by atoms with van der Waals surface area (Å²) in [4.78, 5) is 12.7. The number of aliphatic hydroxyl groups excluding tert-OH is 1. The quantitative estimate of drug-likeness (QED) is 0.657. The van der Waals surface area contributed by atoms with E-state index < -0.39 is 0 Å². The number of carbonyl (C=O) groups is 1. The van der Waals surface area contributed by atoms with E-state index in [0.29, 0.717) is 13.1 Å². The van der Waals surface area contributed by atoms with Crippen molar-refractivity contribution >= 4 is 18.3 Å². The molecule has 0 bridgehead atoms. The van der Waals surface area contributed by atoms with Gasteiger partial charge in [0, 0.05) is 45.4 Å². The Morgan fingerprint density at radius 3 is 2.71 bits per heavy atom. The molecule has 0 spiro atoms. The lowest BCUT2D eigenvalue weighted by molar-refractivity contribution is -0.125. The zero-order chi connectivity index (χ0) is 16.9. The van der Waals surface area contributed by atoms with Crippen molar-refractivity contribution in [2.24, 2.45) is 18.4 Å². The van der Waals surface area contributed by atoms with Gasteiger partial charge in [-0.15, -0.1) is 12.4 Å². The van der Waals surface area contributed by atoms with Crippen molar-refractivity contribution in [3.05, 3.63) is 18.0 Å². The summed E-state index contributed by atoms with van der Waals surface area (Å²) in [7, 11) is 1.90. The van der Waals surface area contributed by atoms with E-state index in [2.05, 4.69) is 29.6 Å². The Balaban J connectivity index is 0.00000288. The predicted molar refractivity (Wildman–Crippen MR) is 97.3 cm³/mol. The van der Waals surface area contributed by atoms with Crippen LogP contribution in [0.2, 0.25) is 0 Å². The van der Waals surface area contributed by atoms with Gasteiger partial charge in [0.05, 0.1) is 12.1 Å². The van der Waals surface area contributed by atoms with Crippen LogP contribution >= 0.6 is 12.4 Å². The number of hydrogen-bond donors (Lipinski definition) is 3. The molecule has 1 aromatic heterocycles. The third kappa shape index (κ3) is 4.71. The van der Waals surface area contributed by atoms with Crippen LogP contribution in [-0.2, 0) is 11.8 Å². The minimum Gasteiger partial charge on any atom is -0.396 e. The number of aliphatic hydroxyl groups is 1. The number of hydrogen-bond acceptors (Lipinski definition) is 4. The monoisotopic (exact) mass is 358 g/mol. The summed E-state index contributed by atoms with van der Waals surface area (Å²) in [6.07, 6.45) is 6.49. The molecular formula is C17H31ClN4O2. The van der Waals surface area contributed by atoms with Crippen LogP contribution in [0.1, 0.15) is 44.6 Å². The van der Waals surface area contributed by atoms with E-state index in [9.17, 15) is 9.90 Å². The molecule has 1 fully saturated rings. The lowest BCUT2D eigenvalue weighted by Gasteiger charge is -2.32. The van der Waals surface area contributed by atoms with Gasteiger partial charge in [-0.2, -0.15) is 5.10 Å². The summed E-state index contributed by atoms with van der Waals surface area (Å²) in [5.41, 5.74) is 1.12. The van der Waals surface area contributed by atoms with E-state index in [4.69, 9.17) is 0 Å². The first-order valence-electron chi connectivity index (χ1n) is 8.63. The molecule has 1 saturated heterocycles. The third-order valence-corrected chi connectivity index (χ3v) is 5.48. The maximum Gasteiger partial charge on any atom is 0.225 e. The average Bonchev–Trinajstić information content (AvgIpc) is 3.19. The largest absolute Gasteiger partial charge is 0.396 e. The molecule has 0 saturated carbocycles. The average molecular weight is 359 g/mol. The van der Waals surface area contributed by atoms with E-state index in [1.54, 1.807) is 4.68 Å². The Morgan fingerprint density at radius 2 is 2.17 bits per heavy atom. The first-order chi connectivity index (χ1) is 11.0. The number of halogens is 1. The molecular weight excluding hydrogens is 328 g/mol. The molecule has 1 amide bonds. The lowest BCUT2D eigenvalue weighted by atomic mass is 9.79. The molecule has 0 aromatic carbocycles. The fourth-order valence-corrected chi connectivity index (χ4v) is 3.52. The molecule has 6 nitrogen and oxygen atoms in total.